The van der Waals surface area contributed by atoms with Crippen molar-refractivity contribution < 1.29 is 26.4 Å². The summed E-state index contributed by atoms with van der Waals surface area (Å²) in [6.07, 6.45) is -3.82. The first kappa shape index (κ1) is 21.0. The smallest absolute Gasteiger partial charge is 0.350 e. The molecule has 0 aliphatic carbocycles. The number of alkyl halides is 3. The molecule has 0 saturated carbocycles. The maximum Gasteiger partial charge on any atom is 0.416 e. The van der Waals surface area contributed by atoms with Gasteiger partial charge in [0.1, 0.15) is 6.54 Å². The summed E-state index contributed by atoms with van der Waals surface area (Å²) in [5.41, 5.74) is -0.636. The van der Waals surface area contributed by atoms with Crippen molar-refractivity contribution in [2.24, 2.45) is 0 Å². The van der Waals surface area contributed by atoms with Crippen LogP contribution < -0.4 is 9.62 Å². The largest absolute Gasteiger partial charge is 0.416 e. The molecule has 0 aromatic heterocycles. The van der Waals surface area contributed by atoms with Crippen molar-refractivity contribution in [1.29, 1.82) is 0 Å². The summed E-state index contributed by atoms with van der Waals surface area (Å²) >= 11 is 5.98. The number of carbonyl (C=O) groups excluding carboxylic acids is 1. The molecule has 0 aliphatic rings. The normalized spacial score (nSPS) is 11.9. The van der Waals surface area contributed by atoms with Gasteiger partial charge in [-0.1, -0.05) is 35.9 Å². The summed E-state index contributed by atoms with van der Waals surface area (Å²) in [7, 11) is -3.99. The van der Waals surface area contributed by atoms with E-state index in [0.29, 0.717) is 21.0 Å². The fraction of sp³-hybridized carbons (Fsp3) is 0.235. The van der Waals surface area contributed by atoms with Crippen molar-refractivity contribution in [2.75, 3.05) is 17.1 Å². The molecule has 1 amide bonds. The lowest BCUT2D eigenvalue weighted by molar-refractivity contribution is -0.137. The van der Waals surface area contributed by atoms with Crippen LogP contribution in [0.2, 0.25) is 5.02 Å². The van der Waals surface area contributed by atoms with Crippen LogP contribution in [0.1, 0.15) is 11.1 Å². The lowest BCUT2D eigenvalue weighted by atomic mass is 10.2. The van der Waals surface area contributed by atoms with Crippen LogP contribution in [0, 0.1) is 0 Å². The fourth-order valence-electron chi connectivity index (χ4n) is 2.26. The number of carbonyl (C=O) groups is 1. The average molecular weight is 421 g/mol. The van der Waals surface area contributed by atoms with E-state index >= 15 is 0 Å². The number of rotatable bonds is 6. The Hall–Kier alpha value is -2.26. The Morgan fingerprint density at radius 1 is 1.15 bits per heavy atom. The number of benzene rings is 2. The van der Waals surface area contributed by atoms with Gasteiger partial charge >= 0.3 is 6.18 Å². The maximum absolute atomic E-state index is 12.9. The fourth-order valence-corrected chi connectivity index (χ4v) is 3.31. The summed E-state index contributed by atoms with van der Waals surface area (Å²) < 4.78 is 63.2. The van der Waals surface area contributed by atoms with Gasteiger partial charge in [-0.25, -0.2) is 8.42 Å². The van der Waals surface area contributed by atoms with E-state index in [9.17, 15) is 26.4 Å². The van der Waals surface area contributed by atoms with Crippen LogP contribution in [-0.4, -0.2) is 27.1 Å². The molecular formula is C17H16ClF3N2O3S. The minimum Gasteiger partial charge on any atom is -0.350 e. The molecule has 5 nitrogen and oxygen atoms in total. The Labute approximate surface area is 159 Å². The van der Waals surface area contributed by atoms with E-state index in [4.69, 9.17) is 11.6 Å². The van der Waals surface area contributed by atoms with Gasteiger partial charge in [-0.15, -0.1) is 0 Å². The van der Waals surface area contributed by atoms with Crippen molar-refractivity contribution in [3.63, 3.8) is 0 Å². The van der Waals surface area contributed by atoms with Crippen molar-refractivity contribution in [3.8, 4) is 0 Å². The Morgan fingerprint density at radius 2 is 1.81 bits per heavy atom. The van der Waals surface area contributed by atoms with Gasteiger partial charge in [-0.3, -0.25) is 9.10 Å². The van der Waals surface area contributed by atoms with Crippen LogP contribution in [0.25, 0.3) is 0 Å². The van der Waals surface area contributed by atoms with Crippen LogP contribution in [0.5, 0.6) is 0 Å². The molecule has 0 aliphatic heterocycles. The highest BCUT2D eigenvalue weighted by molar-refractivity contribution is 7.92. The zero-order valence-corrected chi connectivity index (χ0v) is 15.7. The SMILES string of the molecule is CS(=O)(=O)N(CC(=O)NCc1ccccc1Cl)c1cccc(C(F)(F)F)c1. The van der Waals surface area contributed by atoms with Crippen LogP contribution in [-0.2, 0) is 27.5 Å². The standard InChI is InChI=1S/C17H16ClF3N2O3S/c1-27(25,26)23(14-7-4-6-13(9-14)17(19,20)21)11-16(24)22-10-12-5-2-3-8-15(12)18/h2-9H,10-11H2,1H3,(H,22,24). The Morgan fingerprint density at radius 3 is 2.41 bits per heavy atom. The molecule has 10 heteroatoms. The molecule has 0 fully saturated rings. The third kappa shape index (κ3) is 5.86. The molecule has 2 aromatic carbocycles. The van der Waals surface area contributed by atoms with Crippen LogP contribution in [0.4, 0.5) is 18.9 Å². The van der Waals surface area contributed by atoms with Gasteiger partial charge < -0.3 is 5.32 Å². The molecule has 1 N–H and O–H groups in total. The highest BCUT2D eigenvalue weighted by atomic mass is 35.5. The molecule has 0 bridgehead atoms. The molecule has 27 heavy (non-hydrogen) atoms. The quantitative estimate of drug-likeness (QED) is 0.778. The van der Waals surface area contributed by atoms with Crippen molar-refractivity contribution >= 4 is 33.2 Å². The van der Waals surface area contributed by atoms with E-state index in [1.165, 1.54) is 6.07 Å². The second kappa shape index (κ2) is 8.18. The molecule has 0 radical (unpaired) electrons. The molecule has 0 saturated heterocycles. The van der Waals surface area contributed by atoms with E-state index in [0.717, 1.165) is 18.4 Å². The van der Waals surface area contributed by atoms with E-state index in [-0.39, 0.29) is 12.2 Å². The number of amides is 1. The molecule has 0 spiro atoms. The second-order valence-electron chi connectivity index (χ2n) is 5.69. The molecule has 0 unspecified atom stereocenters. The van der Waals surface area contributed by atoms with Crippen molar-refractivity contribution in [2.45, 2.75) is 12.7 Å². The maximum atomic E-state index is 12.9. The van der Waals surface area contributed by atoms with Gasteiger partial charge in [0.2, 0.25) is 15.9 Å². The third-order valence-corrected chi connectivity index (χ3v) is 5.09. The molecule has 0 heterocycles. The zero-order valence-electron chi connectivity index (χ0n) is 14.1. The summed E-state index contributed by atoms with van der Waals surface area (Å²) in [5.74, 6) is -0.683. The van der Waals surface area contributed by atoms with Crippen molar-refractivity contribution in [3.05, 3.63) is 64.7 Å². The first-order valence-electron chi connectivity index (χ1n) is 7.63. The lowest BCUT2D eigenvalue weighted by Gasteiger charge is -2.23. The van der Waals surface area contributed by atoms with Crippen LogP contribution in [0.15, 0.2) is 48.5 Å². The predicted molar refractivity (Wildman–Crippen MR) is 96.9 cm³/mol. The number of nitrogens with one attached hydrogen (secondary N) is 1. The molecule has 2 rings (SSSR count). The molecule has 2 aromatic rings. The van der Waals surface area contributed by atoms with Gasteiger partial charge in [0.25, 0.3) is 0 Å². The second-order valence-corrected chi connectivity index (χ2v) is 8.00. The third-order valence-electron chi connectivity index (χ3n) is 3.58. The summed E-state index contributed by atoms with van der Waals surface area (Å²) in [4.78, 5) is 12.2. The minimum absolute atomic E-state index is 0.0543. The van der Waals surface area contributed by atoms with Gasteiger partial charge in [0.05, 0.1) is 17.5 Å². The number of nitrogens with zero attached hydrogens (tertiary/aromatic N) is 1. The van der Waals surface area contributed by atoms with Crippen LogP contribution >= 0.6 is 11.6 Å². The zero-order chi connectivity index (χ0) is 20.2. The topological polar surface area (TPSA) is 66.5 Å². The van der Waals surface area contributed by atoms with Gasteiger partial charge in [-0.2, -0.15) is 13.2 Å². The molecule has 146 valence electrons. The van der Waals surface area contributed by atoms with Gasteiger partial charge in [0, 0.05) is 11.6 Å². The molecule has 0 atom stereocenters. The van der Waals surface area contributed by atoms with E-state index in [2.05, 4.69) is 5.32 Å². The van der Waals surface area contributed by atoms with Gasteiger partial charge in [-0.05, 0) is 29.8 Å². The van der Waals surface area contributed by atoms with E-state index < -0.39 is 34.2 Å². The monoisotopic (exact) mass is 420 g/mol. The summed E-state index contributed by atoms with van der Waals surface area (Å²) in [6, 6.07) is 10.5. The summed E-state index contributed by atoms with van der Waals surface area (Å²) in [5, 5.41) is 2.93. The summed E-state index contributed by atoms with van der Waals surface area (Å²) in [6.45, 7) is -0.608. The van der Waals surface area contributed by atoms with Crippen LogP contribution in [0.3, 0.4) is 0 Å². The number of halogens is 4. The average Bonchev–Trinajstić information content (AvgIpc) is 2.57. The first-order valence-corrected chi connectivity index (χ1v) is 9.86. The number of hydrogen-bond donors (Lipinski definition) is 1. The Bertz CT molecular complexity index is 933. The Kier molecular flexibility index (Phi) is 6.38. The predicted octanol–water partition coefficient (Wildman–Crippen LogP) is 3.44. The lowest BCUT2D eigenvalue weighted by Crippen LogP contribution is -2.40. The van der Waals surface area contributed by atoms with E-state index in [1.54, 1.807) is 24.3 Å². The number of sulfonamides is 1. The molecular weight excluding hydrogens is 405 g/mol. The number of anilines is 1. The highest BCUT2D eigenvalue weighted by Crippen LogP contribution is 2.32. The van der Waals surface area contributed by atoms with Crippen molar-refractivity contribution in [1.82, 2.24) is 5.32 Å². The van der Waals surface area contributed by atoms with Gasteiger partial charge in [0.15, 0.2) is 0 Å². The number of hydrogen-bond acceptors (Lipinski definition) is 3. The highest BCUT2D eigenvalue weighted by Gasteiger charge is 2.32. The van der Waals surface area contributed by atoms with E-state index in [1.807, 2.05) is 0 Å². The first-order chi connectivity index (χ1) is 12.5. The minimum atomic E-state index is -4.63. The Balaban J connectivity index is 2.18.